The summed E-state index contributed by atoms with van der Waals surface area (Å²) in [7, 11) is 0. The lowest BCUT2D eigenvalue weighted by Crippen LogP contribution is -2.41. The highest BCUT2D eigenvalue weighted by Crippen LogP contribution is 2.33. The summed E-state index contributed by atoms with van der Waals surface area (Å²) >= 11 is 0. The molecule has 3 N–H and O–H groups in total. The Morgan fingerprint density at radius 3 is 2.71 bits per heavy atom. The standard InChI is InChI=1S/C12H16N2O3/c1-7-5-13-6-9(7)11(15)14-10(12(16)17)4-8-2-3-8/h5-6,8,10,13H,2-4H2,1H3,(H,14,15)(H,16,17). The van der Waals surface area contributed by atoms with Gasteiger partial charge < -0.3 is 15.4 Å². The van der Waals surface area contributed by atoms with E-state index in [9.17, 15) is 9.59 Å². The number of nitrogens with one attached hydrogen (secondary N) is 2. The molecule has 0 saturated heterocycles. The summed E-state index contributed by atoms with van der Waals surface area (Å²) in [5, 5.41) is 11.6. The van der Waals surface area contributed by atoms with Crippen molar-refractivity contribution in [1.29, 1.82) is 0 Å². The highest BCUT2D eigenvalue weighted by molar-refractivity contribution is 5.97. The fraction of sp³-hybridized carbons (Fsp3) is 0.500. The number of aromatic amines is 1. The Hall–Kier alpha value is -1.78. The largest absolute Gasteiger partial charge is 0.480 e. The van der Waals surface area contributed by atoms with Crippen molar-refractivity contribution in [1.82, 2.24) is 10.3 Å². The monoisotopic (exact) mass is 236 g/mol. The van der Waals surface area contributed by atoms with Gasteiger partial charge in [-0.15, -0.1) is 0 Å². The molecule has 5 heteroatoms. The normalized spacial score (nSPS) is 16.5. The van der Waals surface area contributed by atoms with Crippen molar-refractivity contribution in [2.75, 3.05) is 0 Å². The molecule has 1 heterocycles. The maximum atomic E-state index is 11.8. The molecule has 1 atom stereocenters. The molecule has 1 aromatic heterocycles. The van der Waals surface area contributed by atoms with Crippen molar-refractivity contribution in [3.63, 3.8) is 0 Å². The van der Waals surface area contributed by atoms with Gasteiger partial charge in [0.15, 0.2) is 0 Å². The molecule has 1 aromatic rings. The van der Waals surface area contributed by atoms with Crippen LogP contribution in [0, 0.1) is 12.8 Å². The number of H-pyrrole nitrogens is 1. The van der Waals surface area contributed by atoms with Gasteiger partial charge >= 0.3 is 5.97 Å². The van der Waals surface area contributed by atoms with Crippen LogP contribution in [0.3, 0.4) is 0 Å². The maximum Gasteiger partial charge on any atom is 0.326 e. The van der Waals surface area contributed by atoms with Gasteiger partial charge in [-0.1, -0.05) is 12.8 Å². The molecule has 1 aliphatic carbocycles. The minimum atomic E-state index is -0.960. The highest BCUT2D eigenvalue weighted by atomic mass is 16.4. The second kappa shape index (κ2) is 4.61. The Bertz CT molecular complexity index is 435. The lowest BCUT2D eigenvalue weighted by Gasteiger charge is -2.13. The molecule has 1 unspecified atom stereocenters. The predicted molar refractivity (Wildman–Crippen MR) is 61.8 cm³/mol. The molecular weight excluding hydrogens is 220 g/mol. The lowest BCUT2D eigenvalue weighted by molar-refractivity contribution is -0.139. The van der Waals surface area contributed by atoms with Crippen LogP contribution in [-0.4, -0.2) is 28.0 Å². The van der Waals surface area contributed by atoms with Gasteiger partial charge in [0.2, 0.25) is 0 Å². The van der Waals surface area contributed by atoms with E-state index >= 15 is 0 Å². The van der Waals surface area contributed by atoms with E-state index in [-0.39, 0.29) is 5.91 Å². The van der Waals surface area contributed by atoms with Crippen LogP contribution in [0.1, 0.15) is 35.2 Å². The molecule has 0 aromatic carbocycles. The van der Waals surface area contributed by atoms with E-state index in [1.165, 1.54) is 0 Å². The number of aryl methyl sites for hydroxylation is 1. The predicted octanol–water partition coefficient (Wildman–Crippen LogP) is 1.31. The number of carboxylic acids is 1. The lowest BCUT2D eigenvalue weighted by atomic mass is 10.1. The van der Waals surface area contributed by atoms with Gasteiger partial charge in [0.1, 0.15) is 6.04 Å². The first-order valence-corrected chi connectivity index (χ1v) is 5.75. The zero-order valence-electron chi connectivity index (χ0n) is 9.69. The molecule has 5 nitrogen and oxygen atoms in total. The second-order valence-corrected chi connectivity index (χ2v) is 4.60. The number of hydrogen-bond donors (Lipinski definition) is 3. The zero-order chi connectivity index (χ0) is 12.4. The quantitative estimate of drug-likeness (QED) is 0.720. The summed E-state index contributed by atoms with van der Waals surface area (Å²) in [4.78, 5) is 25.7. The molecule has 17 heavy (non-hydrogen) atoms. The Morgan fingerprint density at radius 2 is 2.24 bits per heavy atom. The fourth-order valence-electron chi connectivity index (χ4n) is 1.83. The topological polar surface area (TPSA) is 82.2 Å². The number of hydrogen-bond acceptors (Lipinski definition) is 2. The molecule has 0 aliphatic heterocycles. The number of carbonyl (C=O) groups is 2. The first-order valence-electron chi connectivity index (χ1n) is 5.75. The number of aromatic nitrogens is 1. The molecule has 0 bridgehead atoms. The molecular formula is C12H16N2O3. The second-order valence-electron chi connectivity index (χ2n) is 4.60. The number of aliphatic carboxylic acids is 1. The molecule has 0 spiro atoms. The van der Waals surface area contributed by atoms with E-state index in [2.05, 4.69) is 10.3 Å². The molecule has 1 amide bonds. The minimum absolute atomic E-state index is 0.322. The molecule has 0 radical (unpaired) electrons. The van der Waals surface area contributed by atoms with Gasteiger partial charge in [0, 0.05) is 12.4 Å². The van der Waals surface area contributed by atoms with Gasteiger partial charge in [-0.25, -0.2) is 4.79 Å². The van der Waals surface area contributed by atoms with Crippen LogP contribution in [0.15, 0.2) is 12.4 Å². The van der Waals surface area contributed by atoms with Gasteiger partial charge in [0.25, 0.3) is 5.91 Å². The number of carbonyl (C=O) groups excluding carboxylic acids is 1. The average Bonchev–Trinajstić information content (AvgIpc) is 2.97. The molecule has 1 saturated carbocycles. The number of rotatable bonds is 5. The maximum absolute atomic E-state index is 11.8. The number of carboxylic acid groups (broad SMARTS) is 1. The van der Waals surface area contributed by atoms with Gasteiger partial charge in [-0.2, -0.15) is 0 Å². The van der Waals surface area contributed by atoms with Crippen molar-refractivity contribution in [3.8, 4) is 0 Å². The Kier molecular flexibility index (Phi) is 3.17. The third-order valence-corrected chi connectivity index (χ3v) is 3.07. The average molecular weight is 236 g/mol. The van der Waals surface area contributed by atoms with Crippen LogP contribution < -0.4 is 5.32 Å². The van der Waals surface area contributed by atoms with Crippen molar-refractivity contribution in [2.45, 2.75) is 32.2 Å². The van der Waals surface area contributed by atoms with Crippen LogP contribution >= 0.6 is 0 Å². The van der Waals surface area contributed by atoms with Crippen molar-refractivity contribution < 1.29 is 14.7 Å². The van der Waals surface area contributed by atoms with Gasteiger partial charge in [-0.05, 0) is 24.8 Å². The van der Waals surface area contributed by atoms with Crippen LogP contribution in [0.2, 0.25) is 0 Å². The zero-order valence-corrected chi connectivity index (χ0v) is 9.69. The van der Waals surface area contributed by atoms with Crippen LogP contribution in [0.4, 0.5) is 0 Å². The van der Waals surface area contributed by atoms with Crippen molar-refractivity contribution >= 4 is 11.9 Å². The Morgan fingerprint density at radius 1 is 1.53 bits per heavy atom. The number of amides is 1. The summed E-state index contributed by atoms with van der Waals surface area (Å²) < 4.78 is 0. The van der Waals surface area contributed by atoms with E-state index in [1.54, 1.807) is 12.4 Å². The molecule has 1 fully saturated rings. The minimum Gasteiger partial charge on any atom is -0.480 e. The Balaban J connectivity index is 1.99. The van der Waals surface area contributed by atoms with Crippen molar-refractivity contribution in [3.05, 3.63) is 23.5 Å². The van der Waals surface area contributed by atoms with E-state index in [0.717, 1.165) is 18.4 Å². The SMILES string of the molecule is Cc1c[nH]cc1C(=O)NC(CC1CC1)C(=O)O. The van der Waals surface area contributed by atoms with E-state index in [0.29, 0.717) is 17.9 Å². The summed E-state index contributed by atoms with van der Waals surface area (Å²) in [6.07, 6.45) is 5.97. The van der Waals surface area contributed by atoms with Crippen molar-refractivity contribution in [2.24, 2.45) is 5.92 Å². The van der Waals surface area contributed by atoms with Crippen LogP contribution in [0.5, 0.6) is 0 Å². The molecule has 1 aliphatic rings. The summed E-state index contributed by atoms with van der Waals surface area (Å²) in [6, 6.07) is -0.774. The van der Waals surface area contributed by atoms with E-state index in [1.807, 2.05) is 6.92 Å². The molecule has 92 valence electrons. The first kappa shape index (κ1) is 11.7. The fourth-order valence-corrected chi connectivity index (χ4v) is 1.83. The van der Waals surface area contributed by atoms with Crippen LogP contribution in [-0.2, 0) is 4.79 Å². The Labute approximate surface area is 99.2 Å². The summed E-state index contributed by atoms with van der Waals surface area (Å²) in [5.41, 5.74) is 1.32. The van der Waals surface area contributed by atoms with E-state index < -0.39 is 12.0 Å². The van der Waals surface area contributed by atoms with Gasteiger partial charge in [0.05, 0.1) is 5.56 Å². The summed E-state index contributed by atoms with van der Waals surface area (Å²) in [6.45, 7) is 1.81. The molecule has 2 rings (SSSR count). The van der Waals surface area contributed by atoms with Crippen LogP contribution in [0.25, 0.3) is 0 Å². The smallest absolute Gasteiger partial charge is 0.326 e. The van der Waals surface area contributed by atoms with Gasteiger partial charge in [-0.3, -0.25) is 4.79 Å². The summed E-state index contributed by atoms with van der Waals surface area (Å²) in [5.74, 6) is -0.820. The van der Waals surface area contributed by atoms with E-state index in [4.69, 9.17) is 5.11 Å². The first-order chi connectivity index (χ1) is 8.08. The highest BCUT2D eigenvalue weighted by Gasteiger charge is 2.30. The third kappa shape index (κ3) is 2.87. The third-order valence-electron chi connectivity index (χ3n) is 3.07.